The molecule has 0 saturated heterocycles. The second kappa shape index (κ2) is 6.31. The zero-order chi connectivity index (χ0) is 12.8. The smallest absolute Gasteiger partial charge is 0.162 e. The molecule has 96 valence electrons. The van der Waals surface area contributed by atoms with Crippen LogP contribution in [0.5, 0.6) is 0 Å². The Labute approximate surface area is 107 Å². The van der Waals surface area contributed by atoms with Gasteiger partial charge in [0.1, 0.15) is 0 Å². The molecule has 1 aliphatic rings. The molecule has 0 spiro atoms. The molecule has 0 bridgehead atoms. The predicted molar refractivity (Wildman–Crippen MR) is 69.1 cm³/mol. The quantitative estimate of drug-likeness (QED) is 0.722. The van der Waals surface area contributed by atoms with E-state index in [4.69, 9.17) is 4.74 Å². The molecule has 1 aromatic rings. The second-order valence-electron chi connectivity index (χ2n) is 4.44. The summed E-state index contributed by atoms with van der Waals surface area (Å²) in [5, 5.41) is 0. The Morgan fingerprint density at radius 1 is 1.39 bits per heavy atom. The third kappa shape index (κ3) is 3.67. The minimum Gasteiger partial charge on any atom is -0.379 e. The van der Waals surface area contributed by atoms with E-state index in [9.17, 15) is 4.79 Å². The van der Waals surface area contributed by atoms with Crippen LogP contribution < -0.4 is 0 Å². The van der Waals surface area contributed by atoms with Crippen molar-refractivity contribution in [2.75, 3.05) is 13.2 Å². The van der Waals surface area contributed by atoms with Gasteiger partial charge in [0, 0.05) is 25.4 Å². The maximum atomic E-state index is 11.5. The Bertz CT molecular complexity index is 458. The minimum atomic E-state index is 0.228. The topological polar surface area (TPSA) is 44.1 Å². The lowest BCUT2D eigenvalue weighted by atomic mass is 9.96. The first-order chi connectivity index (χ1) is 8.75. The number of rotatable bonds is 6. The van der Waals surface area contributed by atoms with Gasteiger partial charge in [-0.1, -0.05) is 17.7 Å². The molecule has 18 heavy (non-hydrogen) atoms. The van der Waals surface area contributed by atoms with Gasteiger partial charge < -0.3 is 9.30 Å². The van der Waals surface area contributed by atoms with Gasteiger partial charge in [-0.05, 0) is 18.9 Å². The SMILES string of the molecule is CC1=CC=C(CCOCCn2ccnc2)CC1=O. The summed E-state index contributed by atoms with van der Waals surface area (Å²) in [4.78, 5) is 15.5. The van der Waals surface area contributed by atoms with Crippen LogP contribution in [0.15, 0.2) is 42.0 Å². The number of nitrogens with zero attached hydrogens (tertiary/aromatic N) is 2. The number of allylic oxidation sites excluding steroid dienone is 3. The van der Waals surface area contributed by atoms with Crippen LogP contribution in [0.25, 0.3) is 0 Å². The highest BCUT2D eigenvalue weighted by Gasteiger charge is 2.11. The molecular weight excluding hydrogens is 228 g/mol. The average molecular weight is 246 g/mol. The summed E-state index contributed by atoms with van der Waals surface area (Å²) >= 11 is 0. The fourth-order valence-corrected chi connectivity index (χ4v) is 1.81. The van der Waals surface area contributed by atoms with Crippen molar-refractivity contribution in [2.24, 2.45) is 0 Å². The van der Waals surface area contributed by atoms with E-state index >= 15 is 0 Å². The lowest BCUT2D eigenvalue weighted by molar-refractivity contribution is -0.115. The molecule has 0 unspecified atom stereocenters. The van der Waals surface area contributed by atoms with Gasteiger partial charge in [-0.25, -0.2) is 4.98 Å². The van der Waals surface area contributed by atoms with E-state index in [0.717, 1.165) is 24.1 Å². The number of carbonyl (C=O) groups excluding carboxylic acids is 1. The van der Waals surface area contributed by atoms with Gasteiger partial charge in [0.05, 0.1) is 19.5 Å². The standard InChI is InChI=1S/C14H18N2O2/c1-12-2-3-13(10-14(12)17)4-8-18-9-7-16-6-5-15-11-16/h2-3,5-6,11H,4,7-10H2,1H3. The van der Waals surface area contributed by atoms with Crippen LogP contribution >= 0.6 is 0 Å². The molecule has 0 radical (unpaired) electrons. The van der Waals surface area contributed by atoms with Gasteiger partial charge in [0.2, 0.25) is 0 Å². The summed E-state index contributed by atoms with van der Waals surface area (Å²) in [5.74, 6) is 0.228. The van der Waals surface area contributed by atoms with Gasteiger partial charge in [0.25, 0.3) is 0 Å². The van der Waals surface area contributed by atoms with Crippen molar-refractivity contribution < 1.29 is 9.53 Å². The normalized spacial score (nSPS) is 15.5. The maximum Gasteiger partial charge on any atom is 0.162 e. The van der Waals surface area contributed by atoms with Crippen molar-refractivity contribution >= 4 is 5.78 Å². The molecule has 4 heteroatoms. The molecule has 0 aliphatic heterocycles. The number of hydrogen-bond acceptors (Lipinski definition) is 3. The molecule has 0 N–H and O–H groups in total. The highest BCUT2D eigenvalue weighted by molar-refractivity contribution is 5.97. The van der Waals surface area contributed by atoms with Gasteiger partial charge in [-0.15, -0.1) is 0 Å². The van der Waals surface area contributed by atoms with E-state index in [1.54, 1.807) is 12.5 Å². The second-order valence-corrected chi connectivity index (χ2v) is 4.44. The van der Waals surface area contributed by atoms with E-state index in [2.05, 4.69) is 4.98 Å². The fourth-order valence-electron chi connectivity index (χ4n) is 1.81. The number of carbonyl (C=O) groups is 1. The number of ketones is 1. The Hall–Kier alpha value is -1.68. The summed E-state index contributed by atoms with van der Waals surface area (Å²) in [6.07, 6.45) is 10.8. The molecule has 0 saturated carbocycles. The number of hydrogen-bond donors (Lipinski definition) is 0. The van der Waals surface area contributed by atoms with Gasteiger partial charge >= 0.3 is 0 Å². The Morgan fingerprint density at radius 3 is 3.00 bits per heavy atom. The van der Waals surface area contributed by atoms with Crippen molar-refractivity contribution in [1.82, 2.24) is 9.55 Å². The zero-order valence-corrected chi connectivity index (χ0v) is 10.6. The number of Topliss-reactive ketones (excluding diaryl/α,β-unsaturated/α-hetero) is 1. The first-order valence-corrected chi connectivity index (χ1v) is 6.19. The third-order valence-corrected chi connectivity index (χ3v) is 3.02. The number of imidazole rings is 1. The van der Waals surface area contributed by atoms with E-state index in [-0.39, 0.29) is 5.78 Å². The third-order valence-electron chi connectivity index (χ3n) is 3.02. The highest BCUT2D eigenvalue weighted by atomic mass is 16.5. The fraction of sp³-hybridized carbons (Fsp3) is 0.429. The molecule has 1 aromatic heterocycles. The van der Waals surface area contributed by atoms with Crippen molar-refractivity contribution in [3.8, 4) is 0 Å². The van der Waals surface area contributed by atoms with Crippen molar-refractivity contribution in [2.45, 2.75) is 26.3 Å². The maximum absolute atomic E-state index is 11.5. The summed E-state index contributed by atoms with van der Waals surface area (Å²) in [5.41, 5.74) is 2.01. The lowest BCUT2D eigenvalue weighted by Crippen LogP contribution is -2.09. The Balaban J connectivity index is 1.63. The van der Waals surface area contributed by atoms with Crippen molar-refractivity contribution in [3.05, 3.63) is 42.0 Å². The van der Waals surface area contributed by atoms with Crippen LogP contribution in [0.3, 0.4) is 0 Å². The van der Waals surface area contributed by atoms with Crippen molar-refractivity contribution in [3.63, 3.8) is 0 Å². The minimum absolute atomic E-state index is 0.228. The van der Waals surface area contributed by atoms with E-state index < -0.39 is 0 Å². The zero-order valence-electron chi connectivity index (χ0n) is 10.6. The number of aromatic nitrogens is 2. The molecule has 0 aromatic carbocycles. The molecule has 1 heterocycles. The largest absolute Gasteiger partial charge is 0.379 e. The first kappa shape index (κ1) is 12.8. The van der Waals surface area contributed by atoms with Gasteiger partial charge in [-0.2, -0.15) is 0 Å². The molecular formula is C14H18N2O2. The first-order valence-electron chi connectivity index (χ1n) is 6.19. The highest BCUT2D eigenvalue weighted by Crippen LogP contribution is 2.17. The van der Waals surface area contributed by atoms with E-state index in [1.165, 1.54) is 0 Å². The van der Waals surface area contributed by atoms with Crippen LogP contribution in [-0.4, -0.2) is 28.5 Å². The van der Waals surface area contributed by atoms with Crippen LogP contribution in [0.1, 0.15) is 19.8 Å². The summed E-state index contributed by atoms with van der Waals surface area (Å²) in [6.45, 7) is 4.02. The molecule has 4 nitrogen and oxygen atoms in total. The monoisotopic (exact) mass is 246 g/mol. The van der Waals surface area contributed by atoms with Gasteiger partial charge in [-0.3, -0.25) is 4.79 Å². The molecule has 0 fully saturated rings. The Morgan fingerprint density at radius 2 is 2.28 bits per heavy atom. The molecule has 0 amide bonds. The molecule has 2 rings (SSSR count). The average Bonchev–Trinajstić information content (AvgIpc) is 2.86. The van der Waals surface area contributed by atoms with E-state index in [1.807, 2.05) is 29.8 Å². The molecule has 1 aliphatic carbocycles. The summed E-state index contributed by atoms with van der Waals surface area (Å²) in [6, 6.07) is 0. The van der Waals surface area contributed by atoms with Crippen LogP contribution in [0.4, 0.5) is 0 Å². The van der Waals surface area contributed by atoms with Crippen LogP contribution in [-0.2, 0) is 16.1 Å². The lowest BCUT2D eigenvalue weighted by Gasteiger charge is -2.11. The van der Waals surface area contributed by atoms with Crippen molar-refractivity contribution in [1.29, 1.82) is 0 Å². The van der Waals surface area contributed by atoms with Crippen LogP contribution in [0, 0.1) is 0 Å². The summed E-state index contributed by atoms with van der Waals surface area (Å²) in [7, 11) is 0. The summed E-state index contributed by atoms with van der Waals surface area (Å²) < 4.78 is 7.53. The van der Waals surface area contributed by atoms with Gasteiger partial charge in [0.15, 0.2) is 5.78 Å². The molecule has 0 atom stereocenters. The Kier molecular flexibility index (Phi) is 4.47. The van der Waals surface area contributed by atoms with E-state index in [0.29, 0.717) is 19.6 Å². The predicted octanol–water partition coefficient (Wildman–Crippen LogP) is 2.14. The van der Waals surface area contributed by atoms with Crippen LogP contribution in [0.2, 0.25) is 0 Å². The number of ether oxygens (including phenoxy) is 1.